The van der Waals surface area contributed by atoms with Gasteiger partial charge in [0.15, 0.2) is 0 Å². The third-order valence-electron chi connectivity index (χ3n) is 3.40. The molecule has 0 spiro atoms. The van der Waals surface area contributed by atoms with E-state index < -0.39 is 0 Å². The molecule has 0 unspecified atom stereocenters. The summed E-state index contributed by atoms with van der Waals surface area (Å²) in [5.74, 6) is 1.57. The second kappa shape index (κ2) is 5.40. The van der Waals surface area contributed by atoms with Crippen molar-refractivity contribution >= 4 is 5.69 Å². The average Bonchev–Trinajstić information content (AvgIpc) is 2.97. The van der Waals surface area contributed by atoms with Gasteiger partial charge in [-0.05, 0) is 35.7 Å². The summed E-state index contributed by atoms with van der Waals surface area (Å²) in [6, 6.07) is 15.6. The zero-order valence-corrected chi connectivity index (χ0v) is 12.1. The number of aromatic nitrogens is 2. The van der Waals surface area contributed by atoms with E-state index in [1.807, 2.05) is 36.4 Å². The molecule has 0 saturated carbocycles. The Hall–Kier alpha value is -2.62. The highest BCUT2D eigenvalue weighted by molar-refractivity contribution is 5.63. The Balaban J connectivity index is 1.91. The Bertz CT molecular complexity index is 745. The molecule has 1 aromatic heterocycles. The molecule has 3 aromatic rings. The standard InChI is InChI=1S/C17H17N3O/c1-11(2)12-6-8-13(9-7-12)17-19-16(20-21-17)14-4-3-5-15(18)10-14/h3-11H,18H2,1-2H3. The minimum Gasteiger partial charge on any atom is -0.399 e. The van der Waals surface area contributed by atoms with Crippen molar-refractivity contribution < 1.29 is 4.52 Å². The van der Waals surface area contributed by atoms with Crippen LogP contribution in [0.25, 0.3) is 22.8 Å². The van der Waals surface area contributed by atoms with E-state index in [0.717, 1.165) is 11.1 Å². The second-order valence-electron chi connectivity index (χ2n) is 5.33. The summed E-state index contributed by atoms with van der Waals surface area (Å²) in [5.41, 5.74) is 9.51. The van der Waals surface area contributed by atoms with E-state index in [2.05, 4.69) is 36.1 Å². The quantitative estimate of drug-likeness (QED) is 0.733. The lowest BCUT2D eigenvalue weighted by molar-refractivity contribution is 0.432. The number of benzene rings is 2. The van der Waals surface area contributed by atoms with E-state index in [0.29, 0.717) is 23.3 Å². The maximum Gasteiger partial charge on any atom is 0.258 e. The number of nitrogens with zero attached hydrogens (tertiary/aromatic N) is 2. The van der Waals surface area contributed by atoms with Crippen molar-refractivity contribution in [2.45, 2.75) is 19.8 Å². The van der Waals surface area contributed by atoms with Crippen LogP contribution < -0.4 is 5.73 Å². The van der Waals surface area contributed by atoms with E-state index in [4.69, 9.17) is 10.3 Å². The Morgan fingerprint density at radius 3 is 2.43 bits per heavy atom. The van der Waals surface area contributed by atoms with Crippen LogP contribution in [0.2, 0.25) is 0 Å². The highest BCUT2D eigenvalue weighted by atomic mass is 16.5. The number of hydrogen-bond acceptors (Lipinski definition) is 4. The molecule has 0 aliphatic rings. The molecule has 106 valence electrons. The minimum atomic E-state index is 0.504. The van der Waals surface area contributed by atoms with E-state index in [1.54, 1.807) is 0 Å². The topological polar surface area (TPSA) is 64.9 Å². The van der Waals surface area contributed by atoms with Crippen LogP contribution in [0.15, 0.2) is 53.1 Å². The first-order valence-electron chi connectivity index (χ1n) is 6.93. The maximum absolute atomic E-state index is 5.77. The first-order chi connectivity index (χ1) is 10.1. The fourth-order valence-electron chi connectivity index (χ4n) is 2.15. The van der Waals surface area contributed by atoms with Gasteiger partial charge in [0, 0.05) is 16.8 Å². The second-order valence-corrected chi connectivity index (χ2v) is 5.33. The van der Waals surface area contributed by atoms with Crippen LogP contribution in [-0.4, -0.2) is 10.1 Å². The van der Waals surface area contributed by atoms with E-state index >= 15 is 0 Å². The van der Waals surface area contributed by atoms with Gasteiger partial charge in [0.1, 0.15) is 0 Å². The molecule has 0 aliphatic carbocycles. The Morgan fingerprint density at radius 1 is 1.00 bits per heavy atom. The largest absolute Gasteiger partial charge is 0.399 e. The lowest BCUT2D eigenvalue weighted by atomic mass is 10.0. The van der Waals surface area contributed by atoms with Crippen LogP contribution in [0.5, 0.6) is 0 Å². The third kappa shape index (κ3) is 2.79. The lowest BCUT2D eigenvalue weighted by Gasteiger charge is -2.04. The zero-order valence-electron chi connectivity index (χ0n) is 12.1. The highest BCUT2D eigenvalue weighted by Crippen LogP contribution is 2.24. The molecular formula is C17H17N3O. The summed E-state index contributed by atoms with van der Waals surface area (Å²) in [6.45, 7) is 4.33. The van der Waals surface area contributed by atoms with E-state index in [9.17, 15) is 0 Å². The first kappa shape index (κ1) is 13.4. The van der Waals surface area contributed by atoms with Crippen LogP contribution in [0, 0.1) is 0 Å². The van der Waals surface area contributed by atoms with Crippen LogP contribution in [0.1, 0.15) is 25.3 Å². The molecule has 4 heteroatoms. The molecule has 21 heavy (non-hydrogen) atoms. The molecule has 0 amide bonds. The van der Waals surface area contributed by atoms with E-state index in [-0.39, 0.29) is 0 Å². The van der Waals surface area contributed by atoms with Gasteiger partial charge in [0.05, 0.1) is 0 Å². The summed E-state index contributed by atoms with van der Waals surface area (Å²) in [5, 5.41) is 4.02. The summed E-state index contributed by atoms with van der Waals surface area (Å²) in [6.07, 6.45) is 0. The zero-order chi connectivity index (χ0) is 14.8. The third-order valence-corrected chi connectivity index (χ3v) is 3.40. The lowest BCUT2D eigenvalue weighted by Crippen LogP contribution is -1.87. The normalized spacial score (nSPS) is 11.0. The number of rotatable bonds is 3. The van der Waals surface area contributed by atoms with Crippen molar-refractivity contribution in [3.05, 3.63) is 54.1 Å². The molecule has 0 bridgehead atoms. The molecule has 1 heterocycles. The van der Waals surface area contributed by atoms with Crippen LogP contribution >= 0.6 is 0 Å². The maximum atomic E-state index is 5.77. The van der Waals surface area contributed by atoms with Crippen LogP contribution in [0.3, 0.4) is 0 Å². The molecule has 0 saturated heterocycles. The minimum absolute atomic E-state index is 0.504. The fraction of sp³-hybridized carbons (Fsp3) is 0.176. The van der Waals surface area contributed by atoms with Gasteiger partial charge >= 0.3 is 0 Å². The van der Waals surface area contributed by atoms with Crippen LogP contribution in [-0.2, 0) is 0 Å². The van der Waals surface area contributed by atoms with Gasteiger partial charge in [-0.1, -0.05) is 43.3 Å². The number of hydrogen-bond donors (Lipinski definition) is 1. The van der Waals surface area contributed by atoms with Gasteiger partial charge in [0.25, 0.3) is 5.89 Å². The summed E-state index contributed by atoms with van der Waals surface area (Å²) >= 11 is 0. The molecule has 3 rings (SSSR count). The summed E-state index contributed by atoms with van der Waals surface area (Å²) in [7, 11) is 0. The van der Waals surface area contributed by atoms with Gasteiger partial charge in [0.2, 0.25) is 5.82 Å². The predicted octanol–water partition coefficient (Wildman–Crippen LogP) is 4.11. The monoisotopic (exact) mass is 279 g/mol. The van der Waals surface area contributed by atoms with Crippen molar-refractivity contribution in [2.24, 2.45) is 0 Å². The van der Waals surface area contributed by atoms with Crippen molar-refractivity contribution in [2.75, 3.05) is 5.73 Å². The van der Waals surface area contributed by atoms with Crippen LogP contribution in [0.4, 0.5) is 5.69 Å². The Kier molecular flexibility index (Phi) is 3.44. The van der Waals surface area contributed by atoms with Gasteiger partial charge in [-0.25, -0.2) is 0 Å². The van der Waals surface area contributed by atoms with E-state index in [1.165, 1.54) is 5.56 Å². The SMILES string of the molecule is CC(C)c1ccc(-c2nc(-c3cccc(N)c3)no2)cc1. The molecule has 4 nitrogen and oxygen atoms in total. The molecule has 2 aromatic carbocycles. The van der Waals surface area contributed by atoms with Crippen molar-refractivity contribution in [3.8, 4) is 22.8 Å². The number of anilines is 1. The molecule has 0 fully saturated rings. The Morgan fingerprint density at radius 2 is 1.76 bits per heavy atom. The Labute approximate surface area is 123 Å². The predicted molar refractivity (Wildman–Crippen MR) is 83.7 cm³/mol. The summed E-state index contributed by atoms with van der Waals surface area (Å²) < 4.78 is 5.34. The molecule has 2 N–H and O–H groups in total. The molecule has 0 atom stereocenters. The highest BCUT2D eigenvalue weighted by Gasteiger charge is 2.11. The molecular weight excluding hydrogens is 262 g/mol. The first-order valence-corrected chi connectivity index (χ1v) is 6.93. The van der Waals surface area contributed by atoms with Gasteiger partial charge < -0.3 is 10.3 Å². The van der Waals surface area contributed by atoms with Crippen molar-refractivity contribution in [1.82, 2.24) is 10.1 Å². The van der Waals surface area contributed by atoms with Crippen molar-refractivity contribution in [1.29, 1.82) is 0 Å². The molecule has 0 aliphatic heterocycles. The molecule has 0 radical (unpaired) electrons. The van der Waals surface area contributed by atoms with Gasteiger partial charge in [-0.2, -0.15) is 4.98 Å². The smallest absolute Gasteiger partial charge is 0.258 e. The average molecular weight is 279 g/mol. The summed E-state index contributed by atoms with van der Waals surface area (Å²) in [4.78, 5) is 4.43. The fourth-order valence-corrected chi connectivity index (χ4v) is 2.15. The number of nitrogens with two attached hydrogens (primary N) is 1. The van der Waals surface area contributed by atoms with Gasteiger partial charge in [-0.3, -0.25) is 0 Å². The number of nitrogen functional groups attached to an aromatic ring is 1. The van der Waals surface area contributed by atoms with Gasteiger partial charge in [-0.15, -0.1) is 0 Å². The van der Waals surface area contributed by atoms with Crippen molar-refractivity contribution in [3.63, 3.8) is 0 Å².